The van der Waals surface area contributed by atoms with Crippen molar-refractivity contribution in [3.8, 4) is 22.9 Å². The van der Waals surface area contributed by atoms with E-state index >= 15 is 0 Å². The van der Waals surface area contributed by atoms with Gasteiger partial charge in [0.25, 0.3) is 0 Å². The van der Waals surface area contributed by atoms with Gasteiger partial charge in [-0.15, -0.1) is 32.2 Å². The maximum Gasteiger partial charge on any atom is 0.222 e. The number of halogens is 1. The van der Waals surface area contributed by atoms with Crippen molar-refractivity contribution in [2.45, 2.75) is 82.7 Å². The molecule has 0 spiro atoms. The largest absolute Gasteiger partial charge is 0.497 e. The van der Waals surface area contributed by atoms with Crippen molar-refractivity contribution in [3.05, 3.63) is 136 Å². The van der Waals surface area contributed by atoms with E-state index in [1.54, 1.807) is 38.1 Å². The maximum absolute atomic E-state index is 13.3. The summed E-state index contributed by atoms with van der Waals surface area (Å²) >= 11 is 7.82. The van der Waals surface area contributed by atoms with Gasteiger partial charge in [0.15, 0.2) is 11.6 Å². The highest BCUT2D eigenvalue weighted by atomic mass is 35.5. The molecule has 0 radical (unpaired) electrons. The zero-order valence-corrected chi connectivity index (χ0v) is 43.1. The van der Waals surface area contributed by atoms with Crippen LogP contribution in [0.2, 0.25) is 5.02 Å². The number of nitrogens with zero attached hydrogens (tertiary/aromatic N) is 8. The van der Waals surface area contributed by atoms with Gasteiger partial charge in [0.1, 0.15) is 35.2 Å². The standard InChI is InChI=1S/C53H59ClN12O6S/c1-6-55-48(69)30-42-52-63-61-32(2)65(52)45-22-18-38(72-5)29-41(45)51(59-42)35-13-19-39(20-14-35)73-27-23-47(68)56-24-9-7-8-10-46(67)57-25-26-58-49(70)31-43-53-64-62-33(3)66(53)44-21-17-37(71-4)28-40(44)50(60-43)34-11-15-36(54)16-12-34/h11-22,28-29,42-43H,6-10,23-27,30-31H2,1-5H3,(H,55,69)(H,56,68)(H,57,67)(H,58,70)/t42-,43-/m0/s1. The van der Waals surface area contributed by atoms with Gasteiger partial charge in [-0.2, -0.15) is 0 Å². The number of hydrogen-bond acceptors (Lipinski definition) is 13. The number of fused-ring (bicyclic) bond motifs is 6. The van der Waals surface area contributed by atoms with E-state index < -0.39 is 12.1 Å². The fourth-order valence-electron chi connectivity index (χ4n) is 8.80. The molecule has 0 fully saturated rings. The van der Waals surface area contributed by atoms with E-state index in [4.69, 9.17) is 31.1 Å². The van der Waals surface area contributed by atoms with Crippen LogP contribution in [-0.4, -0.2) is 111 Å². The summed E-state index contributed by atoms with van der Waals surface area (Å²) in [6.07, 6.45) is 3.03. The molecule has 4 aromatic carbocycles. The molecule has 2 aliphatic heterocycles. The molecule has 4 heterocycles. The predicted molar refractivity (Wildman–Crippen MR) is 281 cm³/mol. The molecule has 0 unspecified atom stereocenters. The number of amides is 4. The van der Waals surface area contributed by atoms with E-state index in [1.807, 2.05) is 103 Å². The molecule has 380 valence electrons. The summed E-state index contributed by atoms with van der Waals surface area (Å²) in [5, 5.41) is 29.8. The van der Waals surface area contributed by atoms with Crippen molar-refractivity contribution in [1.29, 1.82) is 0 Å². The van der Waals surface area contributed by atoms with Crippen molar-refractivity contribution in [2.75, 3.05) is 46.2 Å². The maximum atomic E-state index is 13.3. The Morgan fingerprint density at radius 3 is 1.62 bits per heavy atom. The molecular weight excluding hydrogens is 968 g/mol. The number of hydrogen-bond donors (Lipinski definition) is 4. The van der Waals surface area contributed by atoms with Crippen LogP contribution in [0.1, 0.15) is 110 Å². The minimum Gasteiger partial charge on any atom is -0.497 e. The molecule has 2 aromatic heterocycles. The minimum absolute atomic E-state index is 0.0133. The average molecular weight is 1030 g/mol. The number of benzene rings is 4. The molecule has 4 amide bonds. The second-order valence-electron chi connectivity index (χ2n) is 17.5. The Morgan fingerprint density at radius 1 is 0.589 bits per heavy atom. The molecule has 20 heteroatoms. The van der Waals surface area contributed by atoms with Crippen molar-refractivity contribution in [2.24, 2.45) is 9.98 Å². The number of carbonyl (C=O) groups excluding carboxylic acids is 4. The van der Waals surface area contributed by atoms with E-state index in [0.717, 1.165) is 51.4 Å². The van der Waals surface area contributed by atoms with Gasteiger partial charge in [0.2, 0.25) is 23.6 Å². The van der Waals surface area contributed by atoms with Crippen molar-refractivity contribution < 1.29 is 28.7 Å². The highest BCUT2D eigenvalue weighted by Crippen LogP contribution is 2.36. The van der Waals surface area contributed by atoms with Gasteiger partial charge >= 0.3 is 0 Å². The molecule has 0 bridgehead atoms. The summed E-state index contributed by atoms with van der Waals surface area (Å²) in [4.78, 5) is 62.7. The van der Waals surface area contributed by atoms with Gasteiger partial charge in [-0.1, -0.05) is 42.3 Å². The number of thioether (sulfide) groups is 1. The van der Waals surface area contributed by atoms with E-state index in [1.165, 1.54) is 0 Å². The minimum atomic E-state index is -0.647. The van der Waals surface area contributed by atoms with Crippen LogP contribution in [0.5, 0.6) is 11.5 Å². The van der Waals surface area contributed by atoms with Crippen LogP contribution >= 0.6 is 23.4 Å². The van der Waals surface area contributed by atoms with Crippen molar-refractivity contribution >= 4 is 58.4 Å². The molecular formula is C53H59ClN12O6S. The summed E-state index contributed by atoms with van der Waals surface area (Å²) in [5.74, 6) is 3.92. The first-order chi connectivity index (χ1) is 35.4. The molecule has 8 rings (SSSR count). The molecule has 4 N–H and O–H groups in total. The lowest BCUT2D eigenvalue weighted by atomic mass is 10.00. The van der Waals surface area contributed by atoms with E-state index in [9.17, 15) is 19.2 Å². The molecule has 2 atom stereocenters. The number of methoxy groups -OCH3 is 2. The number of rotatable bonds is 22. The van der Waals surface area contributed by atoms with Gasteiger partial charge in [0.05, 0.1) is 49.9 Å². The SMILES string of the molecule is CCNC(=O)C[C@@H]1N=C(c2ccc(SCCC(=O)NCCCCCC(=O)NCCNC(=O)C[C@@H]3N=C(c4ccc(Cl)cc4)c4cc(OC)ccc4-n4c(C)nnc43)cc2)c2cc(OC)ccc2-n2c(C)nnc21. The number of unbranched alkanes of at least 4 members (excludes halogenated alkanes) is 2. The predicted octanol–water partition coefficient (Wildman–Crippen LogP) is 6.93. The molecule has 0 saturated heterocycles. The van der Waals surface area contributed by atoms with E-state index in [2.05, 4.69) is 41.7 Å². The van der Waals surface area contributed by atoms with Gasteiger partial charge in [-0.05, 0) is 94.3 Å². The average Bonchev–Trinajstić information content (AvgIpc) is 3.90. The van der Waals surface area contributed by atoms with Crippen molar-refractivity contribution in [3.63, 3.8) is 0 Å². The summed E-state index contributed by atoms with van der Waals surface area (Å²) < 4.78 is 15.0. The Labute approximate surface area is 433 Å². The lowest BCUT2D eigenvalue weighted by Crippen LogP contribution is -2.35. The van der Waals surface area contributed by atoms with Crippen LogP contribution < -0.4 is 30.7 Å². The third-order valence-corrected chi connectivity index (χ3v) is 13.7. The zero-order chi connectivity index (χ0) is 51.4. The fourth-order valence-corrected chi connectivity index (χ4v) is 9.78. The Hall–Kier alpha value is -7.38. The topological polar surface area (TPSA) is 221 Å². The first kappa shape index (κ1) is 52.0. The number of carbonyl (C=O) groups is 4. The van der Waals surface area contributed by atoms with Crippen LogP contribution in [0.25, 0.3) is 11.4 Å². The summed E-state index contributed by atoms with van der Waals surface area (Å²) in [6, 6.07) is 25.7. The van der Waals surface area contributed by atoms with Crippen LogP contribution in [-0.2, 0) is 19.2 Å². The number of aromatic nitrogens is 6. The number of aryl methyl sites for hydroxylation is 2. The highest BCUT2D eigenvalue weighted by Gasteiger charge is 2.32. The first-order valence-electron chi connectivity index (χ1n) is 24.4. The molecule has 73 heavy (non-hydrogen) atoms. The van der Waals surface area contributed by atoms with Crippen LogP contribution in [0.15, 0.2) is 99.8 Å². The Kier molecular flexibility index (Phi) is 17.3. The molecule has 0 saturated carbocycles. The van der Waals surface area contributed by atoms with Gasteiger partial charge < -0.3 is 30.7 Å². The van der Waals surface area contributed by atoms with Crippen molar-refractivity contribution in [1.82, 2.24) is 50.8 Å². The summed E-state index contributed by atoms with van der Waals surface area (Å²) in [6.45, 7) is 7.19. The van der Waals surface area contributed by atoms with Crippen LogP contribution in [0.3, 0.4) is 0 Å². The smallest absolute Gasteiger partial charge is 0.222 e. The highest BCUT2D eigenvalue weighted by molar-refractivity contribution is 7.99. The fraction of sp³-hybridized carbons (Fsp3) is 0.358. The molecule has 18 nitrogen and oxygen atoms in total. The summed E-state index contributed by atoms with van der Waals surface area (Å²) in [7, 11) is 3.23. The Bertz CT molecular complexity index is 3030. The van der Waals surface area contributed by atoms with Gasteiger partial charge in [0, 0.05) is 76.9 Å². The first-order valence-corrected chi connectivity index (χ1v) is 25.7. The van der Waals surface area contributed by atoms with Crippen LogP contribution in [0, 0.1) is 13.8 Å². The zero-order valence-electron chi connectivity index (χ0n) is 41.5. The normalized spacial score (nSPS) is 14.4. The second-order valence-corrected chi connectivity index (χ2v) is 19.1. The molecule has 2 aliphatic rings. The lowest BCUT2D eigenvalue weighted by Gasteiger charge is -2.14. The number of nitrogens with one attached hydrogen (secondary N) is 4. The number of aliphatic imine (C=N–C) groups is 2. The Balaban J connectivity index is 0.744. The number of ether oxygens (including phenoxy) is 2. The van der Waals surface area contributed by atoms with Gasteiger partial charge in [-0.3, -0.25) is 38.3 Å². The quantitative estimate of drug-likeness (QED) is 0.0404. The second kappa shape index (κ2) is 24.4. The van der Waals surface area contributed by atoms with E-state index in [0.29, 0.717) is 89.3 Å². The molecule has 6 aromatic rings. The van der Waals surface area contributed by atoms with E-state index in [-0.39, 0.29) is 49.6 Å². The molecule has 0 aliphatic carbocycles. The monoisotopic (exact) mass is 1030 g/mol. The van der Waals surface area contributed by atoms with Crippen LogP contribution in [0.4, 0.5) is 0 Å². The van der Waals surface area contributed by atoms with Gasteiger partial charge in [-0.25, -0.2) is 0 Å². The summed E-state index contributed by atoms with van der Waals surface area (Å²) in [5.41, 5.74) is 6.39. The lowest BCUT2D eigenvalue weighted by molar-refractivity contribution is -0.123. The third-order valence-electron chi connectivity index (χ3n) is 12.4. The third kappa shape index (κ3) is 12.6. The Morgan fingerprint density at radius 2 is 1.08 bits per heavy atom.